The highest BCUT2D eigenvalue weighted by molar-refractivity contribution is 5.70. The summed E-state index contributed by atoms with van der Waals surface area (Å²) in [5.74, 6) is -0.626. The molecule has 0 aromatic heterocycles. The normalized spacial score (nSPS) is 13.3. The first kappa shape index (κ1) is 56.3. The first-order valence-electron chi connectivity index (χ1n) is 24.1. The van der Waals surface area contributed by atoms with Gasteiger partial charge in [-0.1, -0.05) is 200 Å². The Kier molecular flexibility index (Phi) is 46.6. The minimum Gasteiger partial charge on any atom is -0.462 e. The van der Waals surface area contributed by atoms with Gasteiger partial charge in [0.15, 0.2) is 6.10 Å². The molecule has 0 saturated carbocycles. The van der Waals surface area contributed by atoms with Crippen molar-refractivity contribution in [1.29, 1.82) is 0 Å². The molecular weight excluding hydrogens is 741 g/mol. The molecule has 60 heavy (non-hydrogen) atoms. The van der Waals surface area contributed by atoms with Gasteiger partial charge < -0.3 is 14.6 Å². The third kappa shape index (κ3) is 47.0. The Morgan fingerprint density at radius 1 is 0.383 bits per heavy atom. The van der Waals surface area contributed by atoms with Crippen molar-refractivity contribution in [1.82, 2.24) is 0 Å². The van der Waals surface area contributed by atoms with Crippen molar-refractivity contribution in [3.8, 4) is 0 Å². The van der Waals surface area contributed by atoms with E-state index >= 15 is 0 Å². The Bertz CT molecular complexity index is 1260. The highest BCUT2D eigenvalue weighted by Gasteiger charge is 2.16. The molecule has 1 atom stereocenters. The van der Waals surface area contributed by atoms with Crippen LogP contribution >= 0.6 is 0 Å². The van der Waals surface area contributed by atoms with Gasteiger partial charge in [0, 0.05) is 12.8 Å². The SMILES string of the molecule is CC/C=C\C/C=C\C/C=C\C/C=C\C/C=C\C/C=C\CCCCCCCCCCC(=O)OC(CO)COC(=O)CCCCCCCC/C=C\C/C=C\C/C=C\C/C=C\CC. The van der Waals surface area contributed by atoms with Gasteiger partial charge in [-0.25, -0.2) is 0 Å². The summed E-state index contributed by atoms with van der Waals surface area (Å²) in [4.78, 5) is 24.4. The largest absolute Gasteiger partial charge is 0.462 e. The van der Waals surface area contributed by atoms with Gasteiger partial charge in [0.05, 0.1) is 6.61 Å². The van der Waals surface area contributed by atoms with Crippen LogP contribution in [-0.4, -0.2) is 36.4 Å². The summed E-state index contributed by atoms with van der Waals surface area (Å²) in [6, 6.07) is 0. The van der Waals surface area contributed by atoms with E-state index in [9.17, 15) is 14.7 Å². The third-order valence-electron chi connectivity index (χ3n) is 9.75. The monoisotopic (exact) mass is 829 g/mol. The lowest BCUT2D eigenvalue weighted by molar-refractivity contribution is -0.161. The van der Waals surface area contributed by atoms with Crippen molar-refractivity contribution in [2.24, 2.45) is 0 Å². The quantitative estimate of drug-likeness (QED) is 0.0377. The maximum atomic E-state index is 12.3. The summed E-state index contributed by atoms with van der Waals surface area (Å²) in [5.41, 5.74) is 0. The van der Waals surface area contributed by atoms with Crippen LogP contribution in [0.4, 0.5) is 0 Å². The van der Waals surface area contributed by atoms with E-state index in [1.165, 1.54) is 51.4 Å². The van der Waals surface area contributed by atoms with Crippen LogP contribution in [0.15, 0.2) is 122 Å². The Hall–Kier alpha value is -3.70. The average molecular weight is 829 g/mol. The van der Waals surface area contributed by atoms with Crippen molar-refractivity contribution in [3.05, 3.63) is 122 Å². The first-order valence-corrected chi connectivity index (χ1v) is 24.1. The van der Waals surface area contributed by atoms with Crippen molar-refractivity contribution in [3.63, 3.8) is 0 Å². The van der Waals surface area contributed by atoms with E-state index in [4.69, 9.17) is 9.47 Å². The molecule has 0 bridgehead atoms. The zero-order valence-electron chi connectivity index (χ0n) is 38.4. The highest BCUT2D eigenvalue weighted by atomic mass is 16.6. The second-order valence-corrected chi connectivity index (χ2v) is 15.4. The lowest BCUT2D eigenvalue weighted by atomic mass is 10.1. The van der Waals surface area contributed by atoms with Gasteiger partial charge in [0.2, 0.25) is 0 Å². The third-order valence-corrected chi connectivity index (χ3v) is 9.75. The number of aliphatic hydroxyl groups excluding tert-OH is 1. The smallest absolute Gasteiger partial charge is 0.306 e. The molecule has 0 saturated heterocycles. The Morgan fingerprint density at radius 2 is 0.667 bits per heavy atom. The number of hydrogen-bond donors (Lipinski definition) is 1. The Balaban J connectivity index is 3.62. The van der Waals surface area contributed by atoms with Crippen molar-refractivity contribution < 1.29 is 24.2 Å². The van der Waals surface area contributed by atoms with Gasteiger partial charge >= 0.3 is 11.9 Å². The Labute approximate surface area is 369 Å². The summed E-state index contributed by atoms with van der Waals surface area (Å²) >= 11 is 0. The van der Waals surface area contributed by atoms with Crippen LogP contribution in [-0.2, 0) is 19.1 Å². The number of ether oxygens (including phenoxy) is 2. The predicted octanol–water partition coefficient (Wildman–Crippen LogP) is 16.0. The van der Waals surface area contributed by atoms with Gasteiger partial charge in [-0.15, -0.1) is 0 Å². The summed E-state index contributed by atoms with van der Waals surface area (Å²) in [5, 5.41) is 9.62. The van der Waals surface area contributed by atoms with Crippen molar-refractivity contribution in [2.45, 2.75) is 200 Å². The average Bonchev–Trinajstić information content (AvgIpc) is 3.25. The van der Waals surface area contributed by atoms with Crippen LogP contribution in [0, 0.1) is 0 Å². The molecule has 338 valence electrons. The molecule has 0 rings (SSSR count). The molecule has 0 aliphatic rings. The molecule has 0 heterocycles. The zero-order chi connectivity index (χ0) is 43.5. The molecular formula is C55H88O5. The van der Waals surface area contributed by atoms with E-state index in [-0.39, 0.29) is 25.2 Å². The summed E-state index contributed by atoms with van der Waals surface area (Å²) in [6.07, 6.45) is 72.7. The van der Waals surface area contributed by atoms with Crippen LogP contribution in [0.1, 0.15) is 194 Å². The lowest BCUT2D eigenvalue weighted by Gasteiger charge is -2.15. The molecule has 0 aromatic carbocycles. The number of allylic oxidation sites excluding steroid dienone is 20. The number of esters is 2. The maximum absolute atomic E-state index is 12.3. The van der Waals surface area contributed by atoms with E-state index in [1.807, 2.05) is 0 Å². The van der Waals surface area contributed by atoms with E-state index in [0.717, 1.165) is 116 Å². The summed E-state index contributed by atoms with van der Waals surface area (Å²) in [7, 11) is 0. The molecule has 0 aromatic rings. The Morgan fingerprint density at radius 3 is 1.00 bits per heavy atom. The lowest BCUT2D eigenvalue weighted by Crippen LogP contribution is -2.28. The van der Waals surface area contributed by atoms with E-state index < -0.39 is 6.10 Å². The molecule has 0 fully saturated rings. The minimum absolute atomic E-state index is 0.0849. The number of hydrogen-bond acceptors (Lipinski definition) is 5. The molecule has 5 heteroatoms. The number of carbonyl (C=O) groups excluding carboxylic acids is 2. The van der Waals surface area contributed by atoms with Crippen molar-refractivity contribution >= 4 is 11.9 Å². The summed E-state index contributed by atoms with van der Waals surface area (Å²) in [6.45, 7) is 3.88. The molecule has 0 aliphatic carbocycles. The van der Waals surface area contributed by atoms with Crippen LogP contribution in [0.2, 0.25) is 0 Å². The van der Waals surface area contributed by atoms with E-state index in [0.29, 0.717) is 12.8 Å². The topological polar surface area (TPSA) is 72.8 Å². The molecule has 1 N–H and O–H groups in total. The van der Waals surface area contributed by atoms with Crippen LogP contribution in [0.5, 0.6) is 0 Å². The first-order chi connectivity index (χ1) is 29.6. The fourth-order valence-corrected chi connectivity index (χ4v) is 6.19. The molecule has 0 spiro atoms. The van der Waals surface area contributed by atoms with E-state index in [2.05, 4.69) is 135 Å². The second-order valence-electron chi connectivity index (χ2n) is 15.4. The zero-order valence-corrected chi connectivity index (χ0v) is 38.4. The standard InChI is InChI=1S/C55H88O5/c1-3-5-7-9-11-13-15-17-19-21-23-24-25-26-27-28-29-30-32-34-36-38-40-42-44-46-48-50-55(58)60-53(51-56)52-59-54(57)49-47-45-43-41-39-37-35-33-31-22-20-18-16-14-12-10-8-6-4-2/h5-8,11-14,17-20,23-24,26-27,29-31,33,53,56H,3-4,9-10,15-16,21-22,25,28,32,34-52H2,1-2H3/b7-5-,8-6-,13-11-,14-12-,19-17-,20-18-,24-23-,27-26-,30-29-,33-31-. The fourth-order valence-electron chi connectivity index (χ4n) is 6.19. The number of aliphatic hydroxyl groups is 1. The minimum atomic E-state index is -0.792. The van der Waals surface area contributed by atoms with Gasteiger partial charge in [-0.3, -0.25) is 9.59 Å². The molecule has 0 radical (unpaired) electrons. The van der Waals surface area contributed by atoms with Gasteiger partial charge in [-0.05, 0) is 103 Å². The van der Waals surface area contributed by atoms with Crippen LogP contribution in [0.3, 0.4) is 0 Å². The number of unbranched alkanes of at least 4 members (excludes halogenated alkanes) is 14. The van der Waals surface area contributed by atoms with Crippen LogP contribution < -0.4 is 0 Å². The second kappa shape index (κ2) is 49.7. The van der Waals surface area contributed by atoms with Gasteiger partial charge in [0.1, 0.15) is 6.61 Å². The molecule has 1 unspecified atom stereocenters. The van der Waals surface area contributed by atoms with Gasteiger partial charge in [0.25, 0.3) is 0 Å². The summed E-state index contributed by atoms with van der Waals surface area (Å²) < 4.78 is 10.6. The van der Waals surface area contributed by atoms with Gasteiger partial charge in [-0.2, -0.15) is 0 Å². The fraction of sp³-hybridized carbons (Fsp3) is 0.600. The van der Waals surface area contributed by atoms with Crippen LogP contribution in [0.25, 0.3) is 0 Å². The van der Waals surface area contributed by atoms with E-state index in [1.54, 1.807) is 0 Å². The number of rotatable bonds is 42. The number of carbonyl (C=O) groups is 2. The molecule has 0 aliphatic heterocycles. The molecule has 5 nitrogen and oxygen atoms in total. The predicted molar refractivity (Wildman–Crippen MR) is 260 cm³/mol. The molecule has 0 amide bonds. The maximum Gasteiger partial charge on any atom is 0.306 e. The highest BCUT2D eigenvalue weighted by Crippen LogP contribution is 2.13. The van der Waals surface area contributed by atoms with Crippen molar-refractivity contribution in [2.75, 3.05) is 13.2 Å².